The van der Waals surface area contributed by atoms with Crippen LogP contribution in [0.15, 0.2) is 0 Å². The zero-order valence-corrected chi connectivity index (χ0v) is 8.00. The van der Waals surface area contributed by atoms with E-state index in [9.17, 15) is 26.3 Å². The van der Waals surface area contributed by atoms with E-state index in [1.54, 1.807) is 0 Å². The SMILES string of the molecule is CC(C)(OCC(F)(F)F)OCC(F)(F)F. The van der Waals surface area contributed by atoms with Gasteiger partial charge in [0.25, 0.3) is 0 Å². The minimum Gasteiger partial charge on any atom is -0.341 e. The summed E-state index contributed by atoms with van der Waals surface area (Å²) >= 11 is 0. The minimum absolute atomic E-state index is 0.977. The predicted molar refractivity (Wildman–Crippen MR) is 38.1 cm³/mol. The molecular weight excluding hydrogens is 230 g/mol. The maximum absolute atomic E-state index is 11.7. The fourth-order valence-electron chi connectivity index (χ4n) is 0.553. The van der Waals surface area contributed by atoms with Crippen molar-refractivity contribution in [3.05, 3.63) is 0 Å². The Morgan fingerprint density at radius 3 is 1.20 bits per heavy atom. The molecule has 0 spiro atoms. The third kappa shape index (κ3) is 9.80. The summed E-state index contributed by atoms with van der Waals surface area (Å²) in [5, 5.41) is 0. The monoisotopic (exact) mass is 240 g/mol. The van der Waals surface area contributed by atoms with Gasteiger partial charge in [-0.15, -0.1) is 0 Å². The molecular formula is C7H10F6O2. The van der Waals surface area contributed by atoms with Gasteiger partial charge >= 0.3 is 12.4 Å². The summed E-state index contributed by atoms with van der Waals surface area (Å²) < 4.78 is 78.2. The lowest BCUT2D eigenvalue weighted by atomic mass is 10.4. The van der Waals surface area contributed by atoms with E-state index in [4.69, 9.17) is 0 Å². The number of hydrogen-bond acceptors (Lipinski definition) is 2. The molecule has 0 unspecified atom stereocenters. The fourth-order valence-corrected chi connectivity index (χ4v) is 0.553. The Bertz CT molecular complexity index is 175. The van der Waals surface area contributed by atoms with Crippen molar-refractivity contribution in [3.8, 4) is 0 Å². The molecule has 0 aliphatic heterocycles. The van der Waals surface area contributed by atoms with Crippen LogP contribution in [0, 0.1) is 0 Å². The second-order valence-electron chi connectivity index (χ2n) is 3.21. The van der Waals surface area contributed by atoms with Gasteiger partial charge in [0.15, 0.2) is 5.79 Å². The molecule has 0 radical (unpaired) electrons. The van der Waals surface area contributed by atoms with Crippen LogP contribution in [-0.2, 0) is 9.47 Å². The highest BCUT2D eigenvalue weighted by Gasteiger charge is 2.35. The van der Waals surface area contributed by atoms with Crippen molar-refractivity contribution in [2.24, 2.45) is 0 Å². The van der Waals surface area contributed by atoms with Crippen molar-refractivity contribution >= 4 is 0 Å². The first-order valence-electron chi connectivity index (χ1n) is 3.83. The maximum Gasteiger partial charge on any atom is 0.411 e. The number of halogens is 6. The number of rotatable bonds is 4. The van der Waals surface area contributed by atoms with E-state index < -0.39 is 31.4 Å². The zero-order valence-electron chi connectivity index (χ0n) is 8.00. The van der Waals surface area contributed by atoms with E-state index in [1.165, 1.54) is 0 Å². The van der Waals surface area contributed by atoms with Crippen LogP contribution in [0.25, 0.3) is 0 Å². The molecule has 0 aromatic rings. The van der Waals surface area contributed by atoms with Gasteiger partial charge in [-0.2, -0.15) is 26.3 Å². The normalized spacial score (nSPS) is 14.4. The molecule has 0 aromatic carbocycles. The molecule has 2 nitrogen and oxygen atoms in total. The Morgan fingerprint density at radius 2 is 1.00 bits per heavy atom. The van der Waals surface area contributed by atoms with Gasteiger partial charge in [0.2, 0.25) is 0 Å². The number of ether oxygens (including phenoxy) is 2. The third-order valence-electron chi connectivity index (χ3n) is 1.17. The van der Waals surface area contributed by atoms with Gasteiger partial charge in [-0.05, 0) is 13.8 Å². The molecule has 92 valence electrons. The smallest absolute Gasteiger partial charge is 0.341 e. The lowest BCUT2D eigenvalue weighted by molar-refractivity contribution is -0.296. The molecule has 0 heterocycles. The first-order chi connectivity index (χ1) is 6.41. The van der Waals surface area contributed by atoms with Crippen LogP contribution >= 0.6 is 0 Å². The van der Waals surface area contributed by atoms with Crippen molar-refractivity contribution in [1.29, 1.82) is 0 Å². The Hall–Kier alpha value is -0.500. The number of hydrogen-bond donors (Lipinski definition) is 0. The van der Waals surface area contributed by atoms with Crippen LogP contribution in [0.5, 0.6) is 0 Å². The Labute approximate surface area is 82.1 Å². The van der Waals surface area contributed by atoms with E-state index in [0.717, 1.165) is 13.8 Å². The largest absolute Gasteiger partial charge is 0.411 e. The molecule has 0 atom stereocenters. The van der Waals surface area contributed by atoms with E-state index in [1.807, 2.05) is 0 Å². The van der Waals surface area contributed by atoms with Crippen molar-refractivity contribution in [1.82, 2.24) is 0 Å². The highest BCUT2D eigenvalue weighted by molar-refractivity contribution is 4.59. The summed E-state index contributed by atoms with van der Waals surface area (Å²) in [4.78, 5) is 0. The molecule has 0 fully saturated rings. The maximum atomic E-state index is 11.7. The molecule has 0 saturated heterocycles. The van der Waals surface area contributed by atoms with Gasteiger partial charge in [-0.3, -0.25) is 0 Å². The molecule has 8 heteroatoms. The molecule has 0 aliphatic carbocycles. The highest BCUT2D eigenvalue weighted by Crippen LogP contribution is 2.23. The first kappa shape index (κ1) is 14.5. The van der Waals surface area contributed by atoms with Crippen molar-refractivity contribution in [2.75, 3.05) is 13.2 Å². The van der Waals surface area contributed by atoms with Gasteiger partial charge in [0.05, 0.1) is 0 Å². The van der Waals surface area contributed by atoms with E-state index in [2.05, 4.69) is 9.47 Å². The third-order valence-corrected chi connectivity index (χ3v) is 1.17. The van der Waals surface area contributed by atoms with Crippen LogP contribution in [-0.4, -0.2) is 31.4 Å². The number of alkyl halides is 6. The highest BCUT2D eigenvalue weighted by atomic mass is 19.4. The first-order valence-corrected chi connectivity index (χ1v) is 3.83. The van der Waals surface area contributed by atoms with E-state index >= 15 is 0 Å². The quantitative estimate of drug-likeness (QED) is 0.555. The van der Waals surface area contributed by atoms with Crippen LogP contribution in [0.4, 0.5) is 26.3 Å². The zero-order chi connectivity index (χ0) is 12.3. The topological polar surface area (TPSA) is 18.5 Å². The van der Waals surface area contributed by atoms with Crippen LogP contribution < -0.4 is 0 Å². The second-order valence-corrected chi connectivity index (χ2v) is 3.21. The molecule has 0 N–H and O–H groups in total. The van der Waals surface area contributed by atoms with Crippen LogP contribution in [0.2, 0.25) is 0 Å². The molecule has 0 amide bonds. The summed E-state index contributed by atoms with van der Waals surface area (Å²) in [6.45, 7) is -1.36. The summed E-state index contributed by atoms with van der Waals surface area (Å²) in [6, 6.07) is 0. The van der Waals surface area contributed by atoms with Gasteiger partial charge in [0.1, 0.15) is 13.2 Å². The minimum atomic E-state index is -4.60. The Morgan fingerprint density at radius 1 is 0.733 bits per heavy atom. The average molecular weight is 240 g/mol. The van der Waals surface area contributed by atoms with Crippen molar-refractivity contribution in [3.63, 3.8) is 0 Å². The van der Waals surface area contributed by atoms with Crippen LogP contribution in [0.3, 0.4) is 0 Å². The van der Waals surface area contributed by atoms with Gasteiger partial charge in [-0.25, -0.2) is 0 Å². The molecule has 15 heavy (non-hydrogen) atoms. The summed E-state index contributed by atoms with van der Waals surface area (Å²) in [6.07, 6.45) is -9.20. The summed E-state index contributed by atoms with van der Waals surface area (Å²) in [5.74, 6) is -1.93. The summed E-state index contributed by atoms with van der Waals surface area (Å²) in [5.41, 5.74) is 0. The lowest BCUT2D eigenvalue weighted by Crippen LogP contribution is -2.36. The fraction of sp³-hybridized carbons (Fsp3) is 1.00. The molecule has 0 rings (SSSR count). The molecule has 0 bridgehead atoms. The van der Waals surface area contributed by atoms with Gasteiger partial charge in [0, 0.05) is 0 Å². The van der Waals surface area contributed by atoms with Crippen molar-refractivity contribution in [2.45, 2.75) is 32.0 Å². The second kappa shape index (κ2) is 4.56. The van der Waals surface area contributed by atoms with Gasteiger partial charge < -0.3 is 9.47 Å². The lowest BCUT2D eigenvalue weighted by Gasteiger charge is -2.26. The van der Waals surface area contributed by atoms with Crippen LogP contribution in [0.1, 0.15) is 13.8 Å². The summed E-state index contributed by atoms with van der Waals surface area (Å²) in [7, 11) is 0. The van der Waals surface area contributed by atoms with E-state index in [-0.39, 0.29) is 0 Å². The predicted octanol–water partition coefficient (Wildman–Crippen LogP) is 2.88. The average Bonchev–Trinajstić information content (AvgIpc) is 1.96. The van der Waals surface area contributed by atoms with Crippen molar-refractivity contribution < 1.29 is 35.8 Å². The molecule has 0 saturated carbocycles. The Balaban J connectivity index is 3.98. The Kier molecular flexibility index (Phi) is 4.41. The standard InChI is InChI=1S/C7H10F6O2/c1-5(2,14-3-6(8,9)10)15-4-7(11,12)13/h3-4H2,1-2H3. The van der Waals surface area contributed by atoms with E-state index in [0.29, 0.717) is 0 Å². The van der Waals surface area contributed by atoms with Gasteiger partial charge in [-0.1, -0.05) is 0 Å². The molecule has 0 aromatic heterocycles. The molecule has 0 aliphatic rings.